The molecule has 43 heavy (non-hydrogen) atoms. The number of benzene rings is 4. The van der Waals surface area contributed by atoms with Gasteiger partial charge in [-0.05, 0) is 71.3 Å². The number of hydrogen-bond donors (Lipinski definition) is 0. The summed E-state index contributed by atoms with van der Waals surface area (Å²) in [5.41, 5.74) is 7.01. The highest BCUT2D eigenvalue weighted by Gasteiger charge is 2.38. The number of anilines is 3. The Morgan fingerprint density at radius 2 is 1.47 bits per heavy atom. The summed E-state index contributed by atoms with van der Waals surface area (Å²) in [6, 6.07) is 38.6. The van der Waals surface area contributed by atoms with Gasteiger partial charge in [0.2, 0.25) is 0 Å². The van der Waals surface area contributed by atoms with Crippen molar-refractivity contribution in [1.82, 2.24) is 9.97 Å². The lowest BCUT2D eigenvalue weighted by Crippen LogP contribution is -2.31. The minimum absolute atomic E-state index is 0.265. The molecule has 0 N–H and O–H groups in total. The maximum atomic E-state index is 16.3. The van der Waals surface area contributed by atoms with Crippen molar-refractivity contribution in [2.24, 2.45) is 0 Å². The van der Waals surface area contributed by atoms with Gasteiger partial charge >= 0.3 is 0 Å². The lowest BCUT2D eigenvalue weighted by molar-refractivity contribution is 0.402. The Kier molecular flexibility index (Phi) is 5.92. The quantitative estimate of drug-likeness (QED) is 0.208. The molecular formula is C38H28FN3S. The summed E-state index contributed by atoms with van der Waals surface area (Å²) in [6.07, 6.45) is 2.31. The predicted octanol–water partition coefficient (Wildman–Crippen LogP) is 10.7. The van der Waals surface area contributed by atoms with E-state index < -0.39 is 6.17 Å². The second-order valence-electron chi connectivity index (χ2n) is 11.6. The third-order valence-electron chi connectivity index (χ3n) is 8.64. The molecule has 208 valence electrons. The average Bonchev–Trinajstić information content (AvgIpc) is 3.42. The van der Waals surface area contributed by atoms with Crippen molar-refractivity contribution < 1.29 is 4.39 Å². The standard InChI is InChI=1S/C38H28FN3S/c1-38(2)30-15-9-19-41-37(30)42(33-23-35-29(22-31(33)38)28-14-3-4-17-34(28)43-35)27-13-8-12-26(21-27)36(39)25-11-7-10-24(20-25)32-16-5-6-18-40-32/h3-23,36H,1-2H3. The number of thiophene rings is 1. The SMILES string of the molecule is CC1(C)c2cc3c(cc2N(c2cccc(C(F)c4cccc(-c5ccccn5)c4)c2)c2ncccc21)sc1ccccc13. The number of alkyl halides is 1. The third kappa shape index (κ3) is 4.15. The Morgan fingerprint density at radius 1 is 0.674 bits per heavy atom. The first-order valence-corrected chi connectivity index (χ1v) is 15.3. The molecule has 3 aromatic heterocycles. The number of pyridine rings is 2. The Morgan fingerprint density at radius 3 is 2.33 bits per heavy atom. The van der Waals surface area contributed by atoms with Crippen molar-refractivity contribution in [3.63, 3.8) is 0 Å². The third-order valence-corrected chi connectivity index (χ3v) is 9.78. The molecule has 5 heteroatoms. The van der Waals surface area contributed by atoms with Crippen LogP contribution in [0.1, 0.15) is 42.3 Å². The zero-order valence-corrected chi connectivity index (χ0v) is 24.6. The van der Waals surface area contributed by atoms with Gasteiger partial charge in [-0.1, -0.05) is 74.5 Å². The van der Waals surface area contributed by atoms with Crippen LogP contribution < -0.4 is 4.90 Å². The smallest absolute Gasteiger partial charge is 0.150 e. The number of nitrogens with zero attached hydrogens (tertiary/aromatic N) is 3. The Balaban J connectivity index is 1.28. The second kappa shape index (κ2) is 9.85. The van der Waals surface area contributed by atoms with Gasteiger partial charge in [0.15, 0.2) is 6.17 Å². The first-order valence-electron chi connectivity index (χ1n) is 14.5. The minimum atomic E-state index is -1.29. The molecule has 1 unspecified atom stereocenters. The second-order valence-corrected chi connectivity index (χ2v) is 12.7. The summed E-state index contributed by atoms with van der Waals surface area (Å²) in [6.45, 7) is 4.54. The van der Waals surface area contributed by atoms with Crippen LogP contribution in [0.15, 0.2) is 128 Å². The van der Waals surface area contributed by atoms with Crippen molar-refractivity contribution in [3.8, 4) is 11.3 Å². The molecule has 0 amide bonds. The van der Waals surface area contributed by atoms with E-state index in [9.17, 15) is 0 Å². The molecule has 0 saturated carbocycles. The molecule has 0 aliphatic carbocycles. The van der Waals surface area contributed by atoms with E-state index >= 15 is 4.39 Å². The Hall–Kier alpha value is -4.87. The van der Waals surface area contributed by atoms with E-state index in [4.69, 9.17) is 4.98 Å². The number of aromatic nitrogens is 2. The van der Waals surface area contributed by atoms with Gasteiger partial charge in [0, 0.05) is 54.8 Å². The minimum Gasteiger partial charge on any atom is -0.294 e. The zero-order chi connectivity index (χ0) is 29.1. The highest BCUT2D eigenvalue weighted by Crippen LogP contribution is 2.53. The summed E-state index contributed by atoms with van der Waals surface area (Å²) in [5, 5.41) is 2.55. The molecule has 4 heterocycles. The molecule has 1 aliphatic heterocycles. The Bertz CT molecular complexity index is 2150. The molecule has 3 nitrogen and oxygen atoms in total. The molecule has 7 aromatic rings. The number of halogens is 1. The first-order chi connectivity index (χ1) is 21.0. The van der Waals surface area contributed by atoms with Crippen LogP contribution in [0, 0.1) is 0 Å². The normalized spacial score (nSPS) is 14.4. The molecule has 1 atom stereocenters. The van der Waals surface area contributed by atoms with Crippen LogP contribution in [0.25, 0.3) is 31.4 Å². The summed E-state index contributed by atoms with van der Waals surface area (Å²) in [4.78, 5) is 11.6. The van der Waals surface area contributed by atoms with Crippen LogP contribution in [0.3, 0.4) is 0 Å². The van der Waals surface area contributed by atoms with Crippen molar-refractivity contribution in [2.45, 2.75) is 25.4 Å². The highest BCUT2D eigenvalue weighted by atomic mass is 32.1. The number of rotatable bonds is 4. The van der Waals surface area contributed by atoms with E-state index in [1.54, 1.807) is 17.5 Å². The van der Waals surface area contributed by atoms with Gasteiger partial charge in [-0.15, -0.1) is 11.3 Å². The van der Waals surface area contributed by atoms with E-state index in [0.717, 1.165) is 34.0 Å². The molecule has 0 radical (unpaired) electrons. The molecule has 0 bridgehead atoms. The van der Waals surface area contributed by atoms with Crippen LogP contribution >= 0.6 is 11.3 Å². The van der Waals surface area contributed by atoms with Crippen molar-refractivity contribution in [3.05, 3.63) is 150 Å². The van der Waals surface area contributed by atoms with E-state index in [0.29, 0.717) is 11.1 Å². The molecule has 0 spiro atoms. The average molecular weight is 578 g/mol. The van der Waals surface area contributed by atoms with Gasteiger partial charge in [0.25, 0.3) is 0 Å². The molecule has 4 aromatic carbocycles. The molecule has 0 saturated heterocycles. The topological polar surface area (TPSA) is 29.0 Å². The van der Waals surface area contributed by atoms with Gasteiger partial charge in [0.05, 0.1) is 11.4 Å². The first kappa shape index (κ1) is 25.8. The number of fused-ring (bicyclic) bond motifs is 5. The fraction of sp³-hybridized carbons (Fsp3) is 0.105. The fourth-order valence-electron chi connectivity index (χ4n) is 6.43. The molecule has 0 fully saturated rings. The van der Waals surface area contributed by atoms with Gasteiger partial charge in [-0.2, -0.15) is 0 Å². The van der Waals surface area contributed by atoms with Crippen molar-refractivity contribution >= 4 is 48.7 Å². The molecule has 8 rings (SSSR count). The van der Waals surface area contributed by atoms with Crippen molar-refractivity contribution in [2.75, 3.05) is 4.90 Å². The van der Waals surface area contributed by atoms with Gasteiger partial charge in [-0.25, -0.2) is 9.37 Å². The van der Waals surface area contributed by atoms with Gasteiger partial charge < -0.3 is 0 Å². The largest absolute Gasteiger partial charge is 0.294 e. The van der Waals surface area contributed by atoms with Crippen LogP contribution in [0.4, 0.5) is 21.6 Å². The molecular weight excluding hydrogens is 550 g/mol. The lowest BCUT2D eigenvalue weighted by atomic mass is 9.74. The van der Waals surface area contributed by atoms with Crippen LogP contribution in [0.2, 0.25) is 0 Å². The lowest BCUT2D eigenvalue weighted by Gasteiger charge is -2.41. The summed E-state index contributed by atoms with van der Waals surface area (Å²) in [5.74, 6) is 0.880. The Labute approximate surface area is 253 Å². The number of hydrogen-bond acceptors (Lipinski definition) is 4. The van der Waals surface area contributed by atoms with Crippen LogP contribution in [0.5, 0.6) is 0 Å². The summed E-state index contributed by atoms with van der Waals surface area (Å²) in [7, 11) is 0. The van der Waals surface area contributed by atoms with Crippen molar-refractivity contribution in [1.29, 1.82) is 0 Å². The molecule has 1 aliphatic rings. The fourth-order valence-corrected chi connectivity index (χ4v) is 7.55. The van der Waals surface area contributed by atoms with Crippen LogP contribution in [-0.4, -0.2) is 9.97 Å². The van der Waals surface area contributed by atoms with Gasteiger partial charge in [0.1, 0.15) is 5.82 Å². The predicted molar refractivity (Wildman–Crippen MR) is 177 cm³/mol. The maximum Gasteiger partial charge on any atom is 0.150 e. The van der Waals surface area contributed by atoms with E-state index in [1.165, 1.54) is 25.7 Å². The summed E-state index contributed by atoms with van der Waals surface area (Å²) >= 11 is 1.81. The van der Waals surface area contributed by atoms with E-state index in [1.807, 2.05) is 72.9 Å². The van der Waals surface area contributed by atoms with E-state index in [2.05, 4.69) is 72.3 Å². The van der Waals surface area contributed by atoms with E-state index in [-0.39, 0.29) is 5.41 Å². The van der Waals surface area contributed by atoms with Gasteiger partial charge in [-0.3, -0.25) is 9.88 Å². The highest BCUT2D eigenvalue weighted by molar-refractivity contribution is 7.25. The summed E-state index contributed by atoms with van der Waals surface area (Å²) < 4.78 is 18.8. The zero-order valence-electron chi connectivity index (χ0n) is 23.8. The van der Waals surface area contributed by atoms with Crippen LogP contribution in [-0.2, 0) is 5.41 Å². The maximum absolute atomic E-state index is 16.3. The monoisotopic (exact) mass is 577 g/mol.